The molecule has 0 aromatic heterocycles. The van der Waals surface area contributed by atoms with E-state index in [1.54, 1.807) is 67.6 Å². The summed E-state index contributed by atoms with van der Waals surface area (Å²) in [4.78, 5) is 27.6. The topological polar surface area (TPSA) is 96.0 Å². The molecule has 0 heterocycles. The zero-order chi connectivity index (χ0) is 27.2. The van der Waals surface area contributed by atoms with E-state index in [1.807, 2.05) is 6.92 Å². The van der Waals surface area contributed by atoms with Gasteiger partial charge in [0.2, 0.25) is 11.8 Å². The van der Waals surface area contributed by atoms with Crippen molar-refractivity contribution in [1.82, 2.24) is 10.2 Å². The van der Waals surface area contributed by atoms with E-state index in [9.17, 15) is 18.0 Å². The number of hydrogen-bond donors (Lipinski definition) is 1. The number of carbonyl (C=O) groups is 2. The molecule has 37 heavy (non-hydrogen) atoms. The van der Waals surface area contributed by atoms with Crippen LogP contribution in [0.15, 0.2) is 77.7 Å². The third-order valence-electron chi connectivity index (χ3n) is 5.88. The summed E-state index contributed by atoms with van der Waals surface area (Å²) >= 11 is 6.13. The fraction of sp³-hybridized carbons (Fsp3) is 0.259. The molecule has 1 atom stereocenters. The SMILES string of the molecule is CNC(=O)[C@H](C)N(Cc1cccc(Cl)c1)C(=O)CN(c1cccc(OC)c1)S(=O)(=O)c1ccc(C)cc1. The van der Waals surface area contributed by atoms with Crippen LogP contribution in [0.5, 0.6) is 5.75 Å². The second kappa shape index (κ2) is 12.1. The summed E-state index contributed by atoms with van der Waals surface area (Å²) < 4.78 is 33.9. The Morgan fingerprint density at radius 3 is 2.32 bits per heavy atom. The van der Waals surface area contributed by atoms with E-state index < -0.39 is 28.5 Å². The number of nitrogens with one attached hydrogen (secondary N) is 1. The van der Waals surface area contributed by atoms with E-state index in [4.69, 9.17) is 16.3 Å². The molecule has 2 amide bonds. The average molecular weight is 544 g/mol. The summed E-state index contributed by atoms with van der Waals surface area (Å²) in [6.45, 7) is 2.97. The highest BCUT2D eigenvalue weighted by atomic mass is 35.5. The smallest absolute Gasteiger partial charge is 0.264 e. The number of aryl methyl sites for hydroxylation is 1. The standard InChI is InChI=1S/C27H30ClN3O5S/c1-19-11-13-25(14-12-19)37(34,35)31(23-9-6-10-24(16-23)36-4)18-26(32)30(20(2)27(33)29-3)17-21-7-5-8-22(28)15-21/h5-16,20H,17-18H2,1-4H3,(H,29,33)/t20-/m0/s1. The minimum absolute atomic E-state index is 0.0365. The number of ether oxygens (including phenoxy) is 1. The van der Waals surface area contributed by atoms with Gasteiger partial charge >= 0.3 is 0 Å². The van der Waals surface area contributed by atoms with Gasteiger partial charge in [-0.1, -0.05) is 47.5 Å². The minimum atomic E-state index is -4.15. The predicted octanol–water partition coefficient (Wildman–Crippen LogP) is 4.02. The van der Waals surface area contributed by atoms with Crippen molar-refractivity contribution in [1.29, 1.82) is 0 Å². The van der Waals surface area contributed by atoms with E-state index >= 15 is 0 Å². The van der Waals surface area contributed by atoms with E-state index in [2.05, 4.69) is 5.32 Å². The van der Waals surface area contributed by atoms with Crippen LogP contribution in [0.4, 0.5) is 5.69 Å². The summed E-state index contributed by atoms with van der Waals surface area (Å²) in [5.41, 5.74) is 1.85. The molecule has 0 saturated heterocycles. The quantitative estimate of drug-likeness (QED) is 0.417. The first-order valence-electron chi connectivity index (χ1n) is 11.6. The first-order valence-corrected chi connectivity index (χ1v) is 13.4. The third-order valence-corrected chi connectivity index (χ3v) is 7.91. The molecule has 0 radical (unpaired) electrons. The Balaban J connectivity index is 2.05. The van der Waals surface area contributed by atoms with Crippen molar-refractivity contribution in [2.75, 3.05) is 25.0 Å². The van der Waals surface area contributed by atoms with Gasteiger partial charge in [-0.05, 0) is 55.8 Å². The molecule has 0 aliphatic carbocycles. The minimum Gasteiger partial charge on any atom is -0.497 e. The molecule has 0 aliphatic rings. The molecule has 3 aromatic carbocycles. The molecule has 10 heteroatoms. The summed E-state index contributed by atoms with van der Waals surface area (Å²) in [5, 5.41) is 3.04. The number of amides is 2. The number of sulfonamides is 1. The fourth-order valence-corrected chi connectivity index (χ4v) is 5.37. The lowest BCUT2D eigenvalue weighted by Gasteiger charge is -2.32. The number of carbonyl (C=O) groups excluding carboxylic acids is 2. The Morgan fingerprint density at radius 2 is 1.70 bits per heavy atom. The molecule has 3 rings (SSSR count). The highest BCUT2D eigenvalue weighted by molar-refractivity contribution is 7.92. The molecule has 0 unspecified atom stereocenters. The number of nitrogens with zero attached hydrogens (tertiary/aromatic N) is 2. The molecule has 0 fully saturated rings. The Bertz CT molecular complexity index is 1360. The molecular weight excluding hydrogens is 514 g/mol. The van der Waals surface area contributed by atoms with Gasteiger partial charge in [-0.2, -0.15) is 0 Å². The molecule has 8 nitrogen and oxygen atoms in total. The first kappa shape index (κ1) is 28.0. The zero-order valence-electron chi connectivity index (χ0n) is 21.1. The van der Waals surface area contributed by atoms with Crippen LogP contribution >= 0.6 is 11.6 Å². The monoisotopic (exact) mass is 543 g/mol. The number of rotatable bonds is 10. The Labute approximate surface area is 222 Å². The van der Waals surface area contributed by atoms with Gasteiger partial charge < -0.3 is 15.0 Å². The van der Waals surface area contributed by atoms with Crippen molar-refractivity contribution >= 4 is 39.1 Å². The number of halogens is 1. The highest BCUT2D eigenvalue weighted by Crippen LogP contribution is 2.28. The summed E-state index contributed by atoms with van der Waals surface area (Å²) in [6, 6.07) is 18.9. The van der Waals surface area contributed by atoms with Gasteiger partial charge in [-0.15, -0.1) is 0 Å². The first-order chi connectivity index (χ1) is 17.6. The van der Waals surface area contributed by atoms with Gasteiger partial charge in [0.05, 0.1) is 17.7 Å². The van der Waals surface area contributed by atoms with E-state index in [-0.39, 0.29) is 23.0 Å². The molecule has 3 aromatic rings. The van der Waals surface area contributed by atoms with Crippen LogP contribution in [-0.4, -0.2) is 51.9 Å². The largest absolute Gasteiger partial charge is 0.497 e. The van der Waals surface area contributed by atoms with Crippen LogP contribution in [0, 0.1) is 6.92 Å². The lowest BCUT2D eigenvalue weighted by molar-refractivity contribution is -0.139. The van der Waals surface area contributed by atoms with Gasteiger partial charge in [-0.25, -0.2) is 8.42 Å². The van der Waals surface area contributed by atoms with Gasteiger partial charge in [0.15, 0.2) is 0 Å². The van der Waals surface area contributed by atoms with E-state index in [1.165, 1.54) is 31.2 Å². The van der Waals surface area contributed by atoms with Crippen LogP contribution in [0.1, 0.15) is 18.1 Å². The fourth-order valence-electron chi connectivity index (χ4n) is 3.76. The number of likely N-dealkylation sites (N-methyl/N-ethyl adjacent to an activating group) is 1. The van der Waals surface area contributed by atoms with E-state index in [0.29, 0.717) is 16.3 Å². The highest BCUT2D eigenvalue weighted by Gasteiger charge is 2.32. The number of anilines is 1. The van der Waals surface area contributed by atoms with Crippen LogP contribution in [-0.2, 0) is 26.2 Å². The number of methoxy groups -OCH3 is 1. The summed E-state index contributed by atoms with van der Waals surface area (Å²) in [5.74, 6) is -0.511. The van der Waals surface area contributed by atoms with Crippen molar-refractivity contribution in [3.05, 3.63) is 88.9 Å². The predicted molar refractivity (Wildman–Crippen MR) is 144 cm³/mol. The molecule has 0 aliphatic heterocycles. The lowest BCUT2D eigenvalue weighted by atomic mass is 10.1. The maximum absolute atomic E-state index is 13.8. The van der Waals surface area contributed by atoms with Gasteiger partial charge in [0.1, 0.15) is 18.3 Å². The molecule has 196 valence electrons. The van der Waals surface area contributed by atoms with Gasteiger partial charge in [-0.3, -0.25) is 13.9 Å². The van der Waals surface area contributed by atoms with Crippen LogP contribution in [0.2, 0.25) is 5.02 Å². The average Bonchev–Trinajstić information content (AvgIpc) is 2.89. The second-order valence-electron chi connectivity index (χ2n) is 8.47. The van der Waals surface area contributed by atoms with Crippen molar-refractivity contribution < 1.29 is 22.7 Å². The Kier molecular flexibility index (Phi) is 9.18. The van der Waals surface area contributed by atoms with Crippen LogP contribution < -0.4 is 14.4 Å². The summed E-state index contributed by atoms with van der Waals surface area (Å²) in [6.07, 6.45) is 0. The number of hydrogen-bond acceptors (Lipinski definition) is 5. The lowest BCUT2D eigenvalue weighted by Crippen LogP contribution is -2.50. The van der Waals surface area contributed by atoms with E-state index in [0.717, 1.165) is 9.87 Å². The zero-order valence-corrected chi connectivity index (χ0v) is 22.7. The molecule has 1 N–H and O–H groups in total. The van der Waals surface area contributed by atoms with Crippen molar-refractivity contribution in [2.45, 2.75) is 31.3 Å². The van der Waals surface area contributed by atoms with Gasteiger partial charge in [0.25, 0.3) is 10.0 Å². The molecule has 0 bridgehead atoms. The van der Waals surface area contributed by atoms with Crippen molar-refractivity contribution in [2.24, 2.45) is 0 Å². The number of benzene rings is 3. The second-order valence-corrected chi connectivity index (χ2v) is 10.8. The molecule has 0 spiro atoms. The Morgan fingerprint density at radius 1 is 1.03 bits per heavy atom. The third kappa shape index (κ3) is 6.81. The Hall–Kier alpha value is -3.56. The molecule has 0 saturated carbocycles. The van der Waals surface area contributed by atoms with Crippen molar-refractivity contribution in [3.8, 4) is 5.75 Å². The summed E-state index contributed by atoms with van der Waals surface area (Å²) in [7, 11) is -1.20. The van der Waals surface area contributed by atoms with Crippen LogP contribution in [0.3, 0.4) is 0 Å². The molecular formula is C27H30ClN3O5S. The maximum Gasteiger partial charge on any atom is 0.264 e. The van der Waals surface area contributed by atoms with Gasteiger partial charge in [0, 0.05) is 24.7 Å². The van der Waals surface area contributed by atoms with Crippen molar-refractivity contribution in [3.63, 3.8) is 0 Å². The van der Waals surface area contributed by atoms with Crippen LogP contribution in [0.25, 0.3) is 0 Å². The normalized spacial score (nSPS) is 11.9. The maximum atomic E-state index is 13.8.